The van der Waals surface area contributed by atoms with Gasteiger partial charge in [0.05, 0.1) is 20.3 Å². The van der Waals surface area contributed by atoms with E-state index in [0.29, 0.717) is 23.7 Å². The van der Waals surface area contributed by atoms with Crippen molar-refractivity contribution in [2.24, 2.45) is 0 Å². The SMILES string of the molecule is COc1ccc(OC)c(C2CCCN2C(=O)c2cnc3ccc(C)cn3c2=O)c1. The molecule has 3 aromatic rings. The number of pyridine rings is 1. The molecule has 0 spiro atoms. The van der Waals surface area contributed by atoms with Crippen molar-refractivity contribution in [1.82, 2.24) is 14.3 Å². The van der Waals surface area contributed by atoms with Crippen LogP contribution in [0.1, 0.15) is 40.4 Å². The molecule has 1 fully saturated rings. The van der Waals surface area contributed by atoms with Crippen LogP contribution in [0.5, 0.6) is 11.5 Å². The van der Waals surface area contributed by atoms with Crippen molar-refractivity contribution in [3.63, 3.8) is 0 Å². The molecule has 1 aromatic carbocycles. The van der Waals surface area contributed by atoms with Crippen LogP contribution in [0.2, 0.25) is 0 Å². The minimum Gasteiger partial charge on any atom is -0.497 e. The monoisotopic (exact) mass is 393 g/mol. The third-order valence-electron chi connectivity index (χ3n) is 5.39. The van der Waals surface area contributed by atoms with Gasteiger partial charge < -0.3 is 14.4 Å². The number of carbonyl (C=O) groups excluding carboxylic acids is 1. The summed E-state index contributed by atoms with van der Waals surface area (Å²) in [6.45, 7) is 2.46. The Morgan fingerprint density at radius 1 is 1.17 bits per heavy atom. The van der Waals surface area contributed by atoms with Crippen molar-refractivity contribution in [1.29, 1.82) is 0 Å². The summed E-state index contributed by atoms with van der Waals surface area (Å²) in [5.74, 6) is 1.08. The molecule has 1 amide bonds. The molecule has 3 heterocycles. The summed E-state index contributed by atoms with van der Waals surface area (Å²) >= 11 is 0. The Balaban J connectivity index is 1.75. The van der Waals surface area contributed by atoms with Gasteiger partial charge in [0.2, 0.25) is 0 Å². The molecule has 1 aliphatic rings. The molecule has 0 N–H and O–H groups in total. The molecular formula is C22H23N3O4. The van der Waals surface area contributed by atoms with E-state index in [1.165, 1.54) is 10.6 Å². The van der Waals surface area contributed by atoms with E-state index in [4.69, 9.17) is 9.47 Å². The lowest BCUT2D eigenvalue weighted by Crippen LogP contribution is -2.35. The average Bonchev–Trinajstić information content (AvgIpc) is 3.23. The molecule has 4 rings (SSSR count). The Morgan fingerprint density at radius 3 is 2.76 bits per heavy atom. The number of aryl methyl sites for hydroxylation is 1. The van der Waals surface area contributed by atoms with Crippen LogP contribution in [0, 0.1) is 6.92 Å². The van der Waals surface area contributed by atoms with Crippen molar-refractivity contribution >= 4 is 11.6 Å². The van der Waals surface area contributed by atoms with Gasteiger partial charge in [0, 0.05) is 24.5 Å². The number of benzene rings is 1. The molecule has 0 saturated carbocycles. The maximum atomic E-state index is 13.3. The van der Waals surface area contributed by atoms with Crippen molar-refractivity contribution in [2.75, 3.05) is 20.8 Å². The van der Waals surface area contributed by atoms with Gasteiger partial charge in [0.15, 0.2) is 0 Å². The Morgan fingerprint density at radius 2 is 2.00 bits per heavy atom. The largest absolute Gasteiger partial charge is 0.497 e. The maximum absolute atomic E-state index is 13.3. The smallest absolute Gasteiger partial charge is 0.270 e. The van der Waals surface area contributed by atoms with Crippen LogP contribution in [0.25, 0.3) is 5.65 Å². The number of fused-ring (bicyclic) bond motifs is 1. The lowest BCUT2D eigenvalue weighted by Gasteiger charge is -2.26. The molecule has 1 atom stereocenters. The highest BCUT2D eigenvalue weighted by Crippen LogP contribution is 2.39. The molecule has 7 heteroatoms. The van der Waals surface area contributed by atoms with E-state index >= 15 is 0 Å². The quantitative estimate of drug-likeness (QED) is 0.681. The van der Waals surface area contributed by atoms with Gasteiger partial charge in [0.1, 0.15) is 22.7 Å². The second-order valence-electron chi connectivity index (χ2n) is 7.18. The summed E-state index contributed by atoms with van der Waals surface area (Å²) in [5, 5.41) is 0. The van der Waals surface area contributed by atoms with E-state index in [0.717, 1.165) is 24.0 Å². The summed E-state index contributed by atoms with van der Waals surface area (Å²) < 4.78 is 12.3. The van der Waals surface area contributed by atoms with Crippen LogP contribution in [0.15, 0.2) is 47.5 Å². The van der Waals surface area contributed by atoms with E-state index in [1.54, 1.807) is 31.4 Å². The highest BCUT2D eigenvalue weighted by Gasteiger charge is 2.34. The predicted octanol–water partition coefficient (Wildman–Crippen LogP) is 3.00. The van der Waals surface area contributed by atoms with Crippen LogP contribution in [-0.4, -0.2) is 41.0 Å². The van der Waals surface area contributed by atoms with Crippen LogP contribution >= 0.6 is 0 Å². The number of rotatable bonds is 4. The van der Waals surface area contributed by atoms with Gasteiger partial charge in [-0.1, -0.05) is 6.07 Å². The Labute approximate surface area is 168 Å². The average molecular weight is 393 g/mol. The highest BCUT2D eigenvalue weighted by molar-refractivity contribution is 5.94. The topological polar surface area (TPSA) is 73.1 Å². The number of amides is 1. The third kappa shape index (κ3) is 3.33. The van der Waals surface area contributed by atoms with Gasteiger partial charge in [-0.25, -0.2) is 4.98 Å². The summed E-state index contributed by atoms with van der Waals surface area (Å²) in [5.41, 5.74) is 2.03. The van der Waals surface area contributed by atoms with E-state index < -0.39 is 0 Å². The number of methoxy groups -OCH3 is 2. The Hall–Kier alpha value is -3.35. The molecule has 0 bridgehead atoms. The number of carbonyl (C=O) groups is 1. The molecule has 2 aromatic heterocycles. The highest BCUT2D eigenvalue weighted by atomic mass is 16.5. The van der Waals surface area contributed by atoms with Gasteiger partial charge in [-0.15, -0.1) is 0 Å². The molecule has 150 valence electrons. The lowest BCUT2D eigenvalue weighted by atomic mass is 10.0. The maximum Gasteiger partial charge on any atom is 0.270 e. The zero-order valence-electron chi connectivity index (χ0n) is 16.7. The third-order valence-corrected chi connectivity index (χ3v) is 5.39. The molecule has 0 aliphatic carbocycles. The number of hydrogen-bond acceptors (Lipinski definition) is 5. The summed E-state index contributed by atoms with van der Waals surface area (Å²) in [6.07, 6.45) is 4.72. The van der Waals surface area contributed by atoms with Gasteiger partial charge in [-0.05, 0) is 49.6 Å². The summed E-state index contributed by atoms with van der Waals surface area (Å²) in [6, 6.07) is 9.02. The Kier molecular flexibility index (Phi) is 4.96. The lowest BCUT2D eigenvalue weighted by molar-refractivity contribution is 0.0731. The first-order valence-corrected chi connectivity index (χ1v) is 9.54. The van der Waals surface area contributed by atoms with Crippen molar-refractivity contribution in [3.05, 3.63) is 69.8 Å². The van der Waals surface area contributed by atoms with Crippen LogP contribution in [-0.2, 0) is 0 Å². The van der Waals surface area contributed by atoms with E-state index in [1.807, 2.05) is 31.2 Å². The van der Waals surface area contributed by atoms with Gasteiger partial charge in [0.25, 0.3) is 11.5 Å². The minimum absolute atomic E-state index is 0.0712. The van der Waals surface area contributed by atoms with Crippen molar-refractivity contribution in [3.8, 4) is 11.5 Å². The summed E-state index contributed by atoms with van der Waals surface area (Å²) in [4.78, 5) is 32.4. The van der Waals surface area contributed by atoms with E-state index in [9.17, 15) is 9.59 Å². The van der Waals surface area contributed by atoms with Crippen LogP contribution in [0.3, 0.4) is 0 Å². The van der Waals surface area contributed by atoms with Crippen LogP contribution in [0.4, 0.5) is 0 Å². The molecule has 1 saturated heterocycles. The zero-order valence-corrected chi connectivity index (χ0v) is 16.7. The molecular weight excluding hydrogens is 370 g/mol. The standard InChI is InChI=1S/C22H23N3O4/c1-14-6-9-20-23-12-17(22(27)25(20)13-14)21(26)24-10-4-5-18(24)16-11-15(28-2)7-8-19(16)29-3/h6-9,11-13,18H,4-5,10H2,1-3H3. The number of aromatic nitrogens is 2. The van der Waals surface area contributed by atoms with Crippen LogP contribution < -0.4 is 15.0 Å². The zero-order chi connectivity index (χ0) is 20.5. The van der Waals surface area contributed by atoms with Gasteiger partial charge >= 0.3 is 0 Å². The first kappa shape index (κ1) is 19.0. The molecule has 0 radical (unpaired) electrons. The number of nitrogens with zero attached hydrogens (tertiary/aromatic N) is 3. The molecule has 7 nitrogen and oxygen atoms in total. The fourth-order valence-electron chi connectivity index (χ4n) is 3.92. The molecule has 1 unspecified atom stereocenters. The van der Waals surface area contributed by atoms with E-state index in [-0.39, 0.29) is 23.1 Å². The second-order valence-corrected chi connectivity index (χ2v) is 7.18. The second kappa shape index (κ2) is 7.58. The minimum atomic E-state index is -0.355. The number of hydrogen-bond donors (Lipinski definition) is 0. The number of ether oxygens (including phenoxy) is 2. The predicted molar refractivity (Wildman–Crippen MR) is 109 cm³/mol. The van der Waals surface area contributed by atoms with Crippen molar-refractivity contribution in [2.45, 2.75) is 25.8 Å². The fourth-order valence-corrected chi connectivity index (χ4v) is 3.92. The first-order valence-electron chi connectivity index (χ1n) is 9.54. The summed E-state index contributed by atoms with van der Waals surface area (Å²) in [7, 11) is 3.21. The van der Waals surface area contributed by atoms with E-state index in [2.05, 4.69) is 4.98 Å². The molecule has 29 heavy (non-hydrogen) atoms. The fraction of sp³-hybridized carbons (Fsp3) is 0.318. The van der Waals surface area contributed by atoms with Crippen molar-refractivity contribution < 1.29 is 14.3 Å². The number of likely N-dealkylation sites (tertiary alicyclic amines) is 1. The first-order chi connectivity index (χ1) is 14.0. The van der Waals surface area contributed by atoms with Gasteiger partial charge in [-0.2, -0.15) is 0 Å². The van der Waals surface area contributed by atoms with Gasteiger partial charge in [-0.3, -0.25) is 14.0 Å². The Bertz CT molecular complexity index is 1140. The molecule has 1 aliphatic heterocycles. The normalized spacial score (nSPS) is 16.2.